The van der Waals surface area contributed by atoms with Crippen LogP contribution in [0.5, 0.6) is 0 Å². The molecule has 1 saturated carbocycles. The first-order valence-corrected chi connectivity index (χ1v) is 8.93. The molecule has 26 heavy (non-hydrogen) atoms. The summed E-state index contributed by atoms with van der Waals surface area (Å²) in [5.41, 5.74) is 3.81. The maximum Gasteiger partial charge on any atom is 0.268 e. The number of benzene rings is 2. The van der Waals surface area contributed by atoms with Gasteiger partial charge in [-0.05, 0) is 48.4 Å². The van der Waals surface area contributed by atoms with Gasteiger partial charge in [-0.1, -0.05) is 54.6 Å². The molecule has 0 radical (unpaired) electrons. The Morgan fingerprint density at radius 3 is 2.31 bits per heavy atom. The zero-order chi connectivity index (χ0) is 18.5. The largest absolute Gasteiger partial charge is 0.348 e. The normalized spacial score (nSPS) is 19.4. The van der Waals surface area contributed by atoms with Gasteiger partial charge in [0, 0.05) is 13.0 Å². The third-order valence-corrected chi connectivity index (χ3v) is 4.77. The number of carbonyl (C=O) groups is 2. The van der Waals surface area contributed by atoms with Gasteiger partial charge in [0.05, 0.1) is 0 Å². The van der Waals surface area contributed by atoms with E-state index in [-0.39, 0.29) is 23.6 Å². The summed E-state index contributed by atoms with van der Waals surface area (Å²) < 4.78 is 0. The van der Waals surface area contributed by atoms with E-state index in [4.69, 9.17) is 0 Å². The number of nitrogens with one attached hydrogen (secondary N) is 2. The molecule has 1 aliphatic rings. The van der Waals surface area contributed by atoms with Crippen molar-refractivity contribution >= 4 is 17.9 Å². The summed E-state index contributed by atoms with van der Waals surface area (Å²) in [6.07, 6.45) is 3.55. The van der Waals surface area contributed by atoms with Gasteiger partial charge >= 0.3 is 0 Å². The Morgan fingerprint density at radius 2 is 1.65 bits per heavy atom. The van der Waals surface area contributed by atoms with E-state index in [1.165, 1.54) is 18.1 Å². The Morgan fingerprint density at radius 1 is 1.00 bits per heavy atom. The van der Waals surface area contributed by atoms with Crippen LogP contribution < -0.4 is 10.6 Å². The number of hydrogen-bond donors (Lipinski definition) is 2. The summed E-state index contributed by atoms with van der Waals surface area (Å²) in [5, 5.41) is 5.68. The highest BCUT2D eigenvalue weighted by Gasteiger charge is 2.32. The highest BCUT2D eigenvalue weighted by molar-refractivity contribution is 6.01. The molecular weight excluding hydrogens is 324 g/mol. The predicted molar refractivity (Wildman–Crippen MR) is 103 cm³/mol. The van der Waals surface area contributed by atoms with Crippen molar-refractivity contribution < 1.29 is 9.59 Å². The van der Waals surface area contributed by atoms with E-state index < -0.39 is 0 Å². The summed E-state index contributed by atoms with van der Waals surface area (Å²) in [7, 11) is 0. The van der Waals surface area contributed by atoms with Crippen LogP contribution in [0, 0.1) is 6.92 Å². The molecule has 0 aromatic heterocycles. The first-order chi connectivity index (χ1) is 12.5. The lowest BCUT2D eigenvalue weighted by atomic mass is 9.74. The fraction of sp³-hybridized carbons (Fsp3) is 0.273. The number of carbonyl (C=O) groups excluding carboxylic acids is 2. The fourth-order valence-corrected chi connectivity index (χ4v) is 3.36. The van der Waals surface area contributed by atoms with Crippen LogP contribution in [0.1, 0.15) is 42.4 Å². The van der Waals surface area contributed by atoms with Gasteiger partial charge in [0.1, 0.15) is 5.70 Å². The van der Waals surface area contributed by atoms with E-state index >= 15 is 0 Å². The van der Waals surface area contributed by atoms with Crippen molar-refractivity contribution in [2.75, 3.05) is 0 Å². The van der Waals surface area contributed by atoms with E-state index in [2.05, 4.69) is 35.8 Å². The van der Waals surface area contributed by atoms with Gasteiger partial charge in [0.2, 0.25) is 5.91 Å². The highest BCUT2D eigenvalue weighted by Crippen LogP contribution is 2.38. The minimum absolute atomic E-state index is 0.139. The third-order valence-electron chi connectivity index (χ3n) is 4.77. The molecule has 1 aliphatic carbocycles. The molecule has 4 nitrogen and oxygen atoms in total. The molecule has 0 saturated heterocycles. The van der Waals surface area contributed by atoms with Gasteiger partial charge in [-0.25, -0.2) is 0 Å². The van der Waals surface area contributed by atoms with E-state index in [0.717, 1.165) is 18.4 Å². The average molecular weight is 348 g/mol. The Bertz CT molecular complexity index is 821. The molecule has 4 heteroatoms. The van der Waals surface area contributed by atoms with E-state index in [1.54, 1.807) is 6.08 Å². The number of rotatable bonds is 5. The molecule has 0 spiro atoms. The van der Waals surface area contributed by atoms with Crippen LogP contribution in [-0.4, -0.2) is 17.9 Å². The zero-order valence-electron chi connectivity index (χ0n) is 15.2. The van der Waals surface area contributed by atoms with Gasteiger partial charge in [0.15, 0.2) is 0 Å². The standard InChI is InChI=1S/C22H24N2O2/c1-15-8-6-7-11-20(15)18-13-19(14-18)24-22(26)21(23-16(2)25)12-17-9-4-3-5-10-17/h3-12,18-19H,13-14H2,1-2H3,(H,23,25)(H,24,26)/b21-12-. The predicted octanol–water partition coefficient (Wildman–Crippen LogP) is 3.53. The molecule has 2 N–H and O–H groups in total. The molecule has 134 valence electrons. The molecule has 0 heterocycles. The Kier molecular flexibility index (Phi) is 5.52. The fourth-order valence-electron chi connectivity index (χ4n) is 3.36. The molecule has 0 atom stereocenters. The Balaban J connectivity index is 1.63. The molecule has 0 aliphatic heterocycles. The molecule has 3 rings (SSSR count). The topological polar surface area (TPSA) is 58.2 Å². The molecular formula is C22H24N2O2. The van der Waals surface area contributed by atoms with Crippen LogP contribution in [-0.2, 0) is 9.59 Å². The van der Waals surface area contributed by atoms with E-state index in [1.807, 2.05) is 36.4 Å². The quantitative estimate of drug-likeness (QED) is 0.812. The summed E-state index contributed by atoms with van der Waals surface area (Å²) in [4.78, 5) is 24.1. The number of amides is 2. The van der Waals surface area contributed by atoms with Crippen molar-refractivity contribution in [3.05, 3.63) is 77.0 Å². The molecule has 0 bridgehead atoms. The van der Waals surface area contributed by atoms with Crippen LogP contribution in [0.15, 0.2) is 60.3 Å². The maximum absolute atomic E-state index is 12.6. The van der Waals surface area contributed by atoms with Crippen molar-refractivity contribution in [1.82, 2.24) is 10.6 Å². The Hall–Kier alpha value is -2.88. The minimum atomic E-state index is -0.256. The monoisotopic (exact) mass is 348 g/mol. The van der Waals surface area contributed by atoms with Gasteiger partial charge in [0.25, 0.3) is 5.91 Å². The van der Waals surface area contributed by atoms with Crippen LogP contribution in [0.25, 0.3) is 6.08 Å². The van der Waals surface area contributed by atoms with Crippen LogP contribution in [0.4, 0.5) is 0 Å². The molecule has 2 aromatic carbocycles. The lowest BCUT2D eigenvalue weighted by molar-refractivity contribution is -0.123. The van der Waals surface area contributed by atoms with Gasteiger partial charge in [-0.3, -0.25) is 9.59 Å². The summed E-state index contributed by atoms with van der Waals surface area (Å²) >= 11 is 0. The number of aryl methyl sites for hydroxylation is 1. The van der Waals surface area contributed by atoms with Crippen molar-refractivity contribution in [1.29, 1.82) is 0 Å². The third kappa shape index (κ3) is 4.39. The lowest BCUT2D eigenvalue weighted by Crippen LogP contribution is -2.46. The summed E-state index contributed by atoms with van der Waals surface area (Å²) in [6, 6.07) is 18.0. The second-order valence-corrected chi connectivity index (χ2v) is 6.85. The van der Waals surface area contributed by atoms with Crippen molar-refractivity contribution in [2.24, 2.45) is 0 Å². The maximum atomic E-state index is 12.6. The first-order valence-electron chi connectivity index (χ1n) is 8.93. The second-order valence-electron chi connectivity index (χ2n) is 6.85. The Labute approximate surface area is 154 Å². The molecule has 1 fully saturated rings. The van der Waals surface area contributed by atoms with Crippen molar-refractivity contribution in [3.8, 4) is 0 Å². The lowest BCUT2D eigenvalue weighted by Gasteiger charge is -2.37. The molecule has 2 amide bonds. The molecule has 2 aromatic rings. The molecule has 0 unspecified atom stereocenters. The summed E-state index contributed by atoms with van der Waals surface area (Å²) in [6.45, 7) is 3.53. The zero-order valence-corrected chi connectivity index (χ0v) is 15.2. The summed E-state index contributed by atoms with van der Waals surface area (Å²) in [5.74, 6) is -0.00478. The first kappa shape index (κ1) is 17.9. The van der Waals surface area contributed by atoms with Crippen LogP contribution in [0.3, 0.4) is 0 Å². The highest BCUT2D eigenvalue weighted by atomic mass is 16.2. The van der Waals surface area contributed by atoms with Gasteiger partial charge in [-0.2, -0.15) is 0 Å². The number of hydrogen-bond acceptors (Lipinski definition) is 2. The SMILES string of the molecule is CC(=O)N/C(=C\c1ccccc1)C(=O)NC1CC(c2ccccc2C)C1. The minimum Gasteiger partial charge on any atom is -0.348 e. The van der Waals surface area contributed by atoms with Gasteiger partial charge < -0.3 is 10.6 Å². The van der Waals surface area contributed by atoms with E-state index in [0.29, 0.717) is 5.92 Å². The van der Waals surface area contributed by atoms with Crippen LogP contribution >= 0.6 is 0 Å². The van der Waals surface area contributed by atoms with Crippen LogP contribution in [0.2, 0.25) is 0 Å². The van der Waals surface area contributed by atoms with Crippen molar-refractivity contribution in [3.63, 3.8) is 0 Å². The second kappa shape index (κ2) is 8.00. The average Bonchev–Trinajstić information content (AvgIpc) is 2.58. The van der Waals surface area contributed by atoms with Crippen molar-refractivity contribution in [2.45, 2.75) is 38.6 Å². The van der Waals surface area contributed by atoms with E-state index in [9.17, 15) is 9.59 Å². The van der Waals surface area contributed by atoms with Gasteiger partial charge in [-0.15, -0.1) is 0 Å². The smallest absolute Gasteiger partial charge is 0.268 e.